The lowest BCUT2D eigenvalue weighted by molar-refractivity contribution is 0.0628. The summed E-state index contributed by atoms with van der Waals surface area (Å²) >= 11 is 0. The molecular weight excluding hydrogens is 441 g/mol. The van der Waals surface area contributed by atoms with E-state index in [-0.39, 0.29) is 16.5 Å². The maximum absolute atomic E-state index is 13.1. The summed E-state index contributed by atoms with van der Waals surface area (Å²) in [5.74, 6) is -0.645. The highest BCUT2D eigenvalue weighted by atomic mass is 32.2. The molecule has 172 valence electrons. The lowest BCUT2D eigenvalue weighted by Gasteiger charge is -2.35. The molecule has 0 unspecified atom stereocenters. The first-order chi connectivity index (χ1) is 15.8. The minimum atomic E-state index is -3.91. The third-order valence-electron chi connectivity index (χ3n) is 5.80. The molecule has 1 aliphatic heterocycles. The molecule has 1 N–H and O–H groups in total. The molecule has 0 atom stereocenters. The molecule has 33 heavy (non-hydrogen) atoms. The number of rotatable bonds is 6. The zero-order valence-electron chi connectivity index (χ0n) is 18.4. The number of hydrogen-bond acceptors (Lipinski definition) is 4. The Labute approximate surface area is 193 Å². The number of halogens is 1. The first-order valence-corrected chi connectivity index (χ1v) is 12.2. The van der Waals surface area contributed by atoms with Crippen LogP contribution in [0.25, 0.3) is 0 Å². The average molecular weight is 468 g/mol. The van der Waals surface area contributed by atoms with Gasteiger partial charge in [-0.05, 0) is 60.5 Å². The number of nitrogens with zero attached hydrogens (tertiary/aromatic N) is 2. The van der Waals surface area contributed by atoms with Crippen molar-refractivity contribution in [1.82, 2.24) is 9.80 Å². The van der Waals surface area contributed by atoms with Gasteiger partial charge in [0.15, 0.2) is 0 Å². The number of carbonyl (C=O) groups excluding carboxylic acids is 1. The van der Waals surface area contributed by atoms with Crippen molar-refractivity contribution in [3.63, 3.8) is 0 Å². The van der Waals surface area contributed by atoms with E-state index >= 15 is 0 Å². The Bertz CT molecular complexity index is 1240. The van der Waals surface area contributed by atoms with Crippen molar-refractivity contribution >= 4 is 21.6 Å². The number of sulfonamides is 1. The first kappa shape index (κ1) is 22.9. The molecule has 0 saturated carbocycles. The lowest BCUT2D eigenvalue weighted by atomic mass is 10.1. The third kappa shape index (κ3) is 5.58. The summed E-state index contributed by atoms with van der Waals surface area (Å²) in [6, 6.07) is 19.3. The number of aryl methyl sites for hydroxylation is 1. The van der Waals surface area contributed by atoms with Crippen molar-refractivity contribution in [2.24, 2.45) is 0 Å². The summed E-state index contributed by atoms with van der Waals surface area (Å²) in [6.45, 7) is 5.61. The van der Waals surface area contributed by atoms with Crippen molar-refractivity contribution in [2.75, 3.05) is 30.9 Å². The summed E-state index contributed by atoms with van der Waals surface area (Å²) in [5.41, 5.74) is 3.11. The molecule has 1 amide bonds. The first-order valence-electron chi connectivity index (χ1n) is 10.8. The third-order valence-corrected chi connectivity index (χ3v) is 7.18. The molecule has 0 aliphatic carbocycles. The van der Waals surface area contributed by atoms with Crippen LogP contribution in [0, 0.1) is 12.7 Å². The zero-order chi connectivity index (χ0) is 23.4. The van der Waals surface area contributed by atoms with Crippen LogP contribution in [0.3, 0.4) is 0 Å². The summed E-state index contributed by atoms with van der Waals surface area (Å²) in [6.07, 6.45) is 0. The van der Waals surface area contributed by atoms with Gasteiger partial charge in [-0.15, -0.1) is 0 Å². The Morgan fingerprint density at radius 2 is 1.64 bits per heavy atom. The van der Waals surface area contributed by atoms with E-state index in [4.69, 9.17) is 0 Å². The normalized spacial score (nSPS) is 14.8. The van der Waals surface area contributed by atoms with Crippen LogP contribution >= 0.6 is 0 Å². The molecular formula is C25H26FN3O3S. The fraction of sp³-hybridized carbons (Fsp3) is 0.240. The van der Waals surface area contributed by atoms with E-state index in [2.05, 4.69) is 28.7 Å². The van der Waals surface area contributed by atoms with Gasteiger partial charge in [0.1, 0.15) is 5.82 Å². The Balaban J connectivity index is 1.40. The van der Waals surface area contributed by atoms with Gasteiger partial charge in [0.05, 0.1) is 4.90 Å². The fourth-order valence-corrected chi connectivity index (χ4v) is 4.95. The van der Waals surface area contributed by atoms with Gasteiger partial charge in [0.2, 0.25) is 0 Å². The van der Waals surface area contributed by atoms with Gasteiger partial charge in [0.25, 0.3) is 15.9 Å². The second-order valence-electron chi connectivity index (χ2n) is 8.14. The van der Waals surface area contributed by atoms with Crippen molar-refractivity contribution in [3.8, 4) is 0 Å². The van der Waals surface area contributed by atoms with E-state index in [9.17, 15) is 17.6 Å². The van der Waals surface area contributed by atoms with Gasteiger partial charge >= 0.3 is 0 Å². The summed E-state index contributed by atoms with van der Waals surface area (Å²) in [5, 5.41) is 0. The quantitative estimate of drug-likeness (QED) is 0.597. The monoisotopic (exact) mass is 467 g/mol. The molecule has 3 aromatic carbocycles. The largest absolute Gasteiger partial charge is 0.336 e. The predicted molar refractivity (Wildman–Crippen MR) is 126 cm³/mol. The van der Waals surface area contributed by atoms with Crippen LogP contribution in [-0.4, -0.2) is 50.3 Å². The second kappa shape index (κ2) is 9.72. The molecule has 0 aromatic heterocycles. The minimum Gasteiger partial charge on any atom is -0.336 e. The predicted octanol–water partition coefficient (Wildman–Crippen LogP) is 3.89. The van der Waals surface area contributed by atoms with Crippen LogP contribution in [0.4, 0.5) is 10.1 Å². The number of piperazine rings is 1. The zero-order valence-corrected chi connectivity index (χ0v) is 19.2. The Kier molecular flexibility index (Phi) is 6.76. The molecule has 1 aliphatic rings. The van der Waals surface area contributed by atoms with Crippen molar-refractivity contribution < 1.29 is 17.6 Å². The van der Waals surface area contributed by atoms with E-state index in [1.165, 1.54) is 47.5 Å². The van der Waals surface area contributed by atoms with Crippen LogP contribution in [0.15, 0.2) is 77.7 Å². The second-order valence-corrected chi connectivity index (χ2v) is 9.82. The van der Waals surface area contributed by atoms with Crippen LogP contribution in [0.5, 0.6) is 0 Å². The molecule has 6 nitrogen and oxygen atoms in total. The molecule has 1 heterocycles. The number of nitrogens with one attached hydrogen (secondary N) is 1. The molecule has 3 aromatic rings. The Hall–Kier alpha value is -3.23. The van der Waals surface area contributed by atoms with Crippen LogP contribution in [-0.2, 0) is 16.6 Å². The SMILES string of the molecule is Cc1ccccc1CN1CCN(C(=O)c2cccc(S(=O)(=O)Nc3ccc(F)cc3)c2)CC1. The van der Waals surface area contributed by atoms with E-state index in [0.29, 0.717) is 18.7 Å². The summed E-state index contributed by atoms with van der Waals surface area (Å²) in [7, 11) is -3.91. The molecule has 0 spiro atoms. The van der Waals surface area contributed by atoms with E-state index in [1.54, 1.807) is 17.0 Å². The van der Waals surface area contributed by atoms with E-state index < -0.39 is 15.8 Å². The molecule has 8 heteroatoms. The molecule has 4 rings (SSSR count). The summed E-state index contributed by atoms with van der Waals surface area (Å²) < 4.78 is 41.0. The Morgan fingerprint density at radius 3 is 2.33 bits per heavy atom. The van der Waals surface area contributed by atoms with E-state index in [0.717, 1.165) is 19.6 Å². The maximum atomic E-state index is 13.1. The van der Waals surface area contributed by atoms with Crippen molar-refractivity contribution in [2.45, 2.75) is 18.4 Å². The molecule has 0 bridgehead atoms. The smallest absolute Gasteiger partial charge is 0.261 e. The standard InChI is InChI=1S/C25H26FN3O3S/c1-19-5-2-3-6-21(19)18-28-13-15-29(16-14-28)25(30)20-7-4-8-24(17-20)33(31,32)27-23-11-9-22(26)10-12-23/h2-12,17,27H,13-16,18H2,1H3. The lowest BCUT2D eigenvalue weighted by Crippen LogP contribution is -2.48. The van der Waals surface area contributed by atoms with Gasteiger partial charge in [0, 0.05) is 44.0 Å². The van der Waals surface area contributed by atoms with Gasteiger partial charge in [-0.1, -0.05) is 30.3 Å². The highest BCUT2D eigenvalue weighted by Gasteiger charge is 2.24. The number of hydrogen-bond donors (Lipinski definition) is 1. The maximum Gasteiger partial charge on any atom is 0.261 e. The number of anilines is 1. The molecule has 1 saturated heterocycles. The van der Waals surface area contributed by atoms with Crippen LogP contribution in [0.2, 0.25) is 0 Å². The van der Waals surface area contributed by atoms with Gasteiger partial charge in [-0.2, -0.15) is 0 Å². The molecule has 0 radical (unpaired) electrons. The van der Waals surface area contributed by atoms with Gasteiger partial charge in [-0.25, -0.2) is 12.8 Å². The highest BCUT2D eigenvalue weighted by molar-refractivity contribution is 7.92. The van der Waals surface area contributed by atoms with E-state index in [1.807, 2.05) is 12.1 Å². The number of carbonyl (C=O) groups is 1. The number of amides is 1. The fourth-order valence-electron chi connectivity index (χ4n) is 3.85. The summed E-state index contributed by atoms with van der Waals surface area (Å²) in [4.78, 5) is 17.1. The van der Waals surface area contributed by atoms with Crippen molar-refractivity contribution in [3.05, 3.63) is 95.3 Å². The molecule has 1 fully saturated rings. The van der Waals surface area contributed by atoms with Crippen LogP contribution < -0.4 is 4.72 Å². The Morgan fingerprint density at radius 1 is 0.939 bits per heavy atom. The van der Waals surface area contributed by atoms with Gasteiger partial charge < -0.3 is 4.90 Å². The average Bonchev–Trinajstić information content (AvgIpc) is 2.82. The number of benzene rings is 3. The highest BCUT2D eigenvalue weighted by Crippen LogP contribution is 2.19. The minimum absolute atomic E-state index is 0.0177. The topological polar surface area (TPSA) is 69.7 Å². The van der Waals surface area contributed by atoms with Crippen LogP contribution in [0.1, 0.15) is 21.5 Å². The van der Waals surface area contributed by atoms with Crippen molar-refractivity contribution in [1.29, 1.82) is 0 Å². The van der Waals surface area contributed by atoms with Gasteiger partial charge in [-0.3, -0.25) is 14.4 Å².